The molecule has 0 radical (unpaired) electrons. The summed E-state index contributed by atoms with van der Waals surface area (Å²) in [4.78, 5) is 12.7. The number of unbranched alkanes of at least 4 members (excludes halogenated alkanes) is 9. The molecule has 1 aromatic rings. The Morgan fingerprint density at radius 1 is 0.880 bits per heavy atom. The van der Waals surface area contributed by atoms with E-state index in [0.29, 0.717) is 5.56 Å². The van der Waals surface area contributed by atoms with Gasteiger partial charge in [0.25, 0.3) is 0 Å². The first kappa shape index (κ1) is 23.6. The summed E-state index contributed by atoms with van der Waals surface area (Å²) in [6.45, 7) is 5.32. The highest BCUT2D eigenvalue weighted by atomic mass is 16.4. The zero-order valence-electron chi connectivity index (χ0n) is 16.9. The predicted molar refractivity (Wildman–Crippen MR) is 109 cm³/mol. The summed E-state index contributed by atoms with van der Waals surface area (Å²) in [5.74, 6) is -0.863. The molecule has 0 saturated carbocycles. The second-order valence-electron chi connectivity index (χ2n) is 7.11. The number of nitrogens with zero attached hydrogens (tertiary/aromatic N) is 1. The summed E-state index contributed by atoms with van der Waals surface area (Å²) >= 11 is 0. The Morgan fingerprint density at radius 2 is 1.36 bits per heavy atom. The van der Waals surface area contributed by atoms with Crippen LogP contribution in [0.2, 0.25) is 0 Å². The van der Waals surface area contributed by atoms with Gasteiger partial charge in [0.1, 0.15) is 0 Å². The number of benzene rings is 1. The van der Waals surface area contributed by atoms with E-state index in [4.69, 9.17) is 5.11 Å². The van der Waals surface area contributed by atoms with Gasteiger partial charge < -0.3 is 10.0 Å². The molecular formula is C22H39NO2. The van der Waals surface area contributed by atoms with Gasteiger partial charge in [-0.15, -0.1) is 0 Å². The minimum atomic E-state index is -0.863. The number of aromatic carboxylic acids is 1. The Balaban J connectivity index is 0.000000496. The van der Waals surface area contributed by atoms with Crippen LogP contribution in [0, 0.1) is 6.92 Å². The fraction of sp³-hybridized carbons (Fsp3) is 0.682. The lowest BCUT2D eigenvalue weighted by Crippen LogP contribution is -2.12. The molecule has 1 rings (SSSR count). The van der Waals surface area contributed by atoms with E-state index in [1.807, 2.05) is 6.07 Å². The van der Waals surface area contributed by atoms with E-state index in [1.165, 1.54) is 70.8 Å². The highest BCUT2D eigenvalue weighted by Crippen LogP contribution is 2.10. The molecule has 0 aliphatic heterocycles. The fourth-order valence-electron chi connectivity index (χ4n) is 2.73. The highest BCUT2D eigenvalue weighted by molar-refractivity contribution is 5.89. The minimum absolute atomic E-state index is 0.377. The van der Waals surface area contributed by atoms with Crippen molar-refractivity contribution in [3.63, 3.8) is 0 Å². The third kappa shape index (κ3) is 14.7. The van der Waals surface area contributed by atoms with E-state index in [-0.39, 0.29) is 0 Å². The fourth-order valence-corrected chi connectivity index (χ4v) is 2.73. The number of hydrogen-bond donors (Lipinski definition) is 1. The zero-order valence-corrected chi connectivity index (χ0v) is 16.9. The van der Waals surface area contributed by atoms with Crippen molar-refractivity contribution in [2.45, 2.75) is 78.1 Å². The Bertz CT molecular complexity index is 443. The summed E-state index contributed by atoms with van der Waals surface area (Å²) in [5, 5.41) is 8.57. The van der Waals surface area contributed by atoms with Gasteiger partial charge in [-0.05, 0) is 45.6 Å². The lowest BCUT2D eigenvalue weighted by molar-refractivity contribution is 0.0696. The predicted octanol–water partition coefficient (Wildman–Crippen LogP) is 6.16. The van der Waals surface area contributed by atoms with E-state index in [1.54, 1.807) is 25.1 Å². The second-order valence-corrected chi connectivity index (χ2v) is 7.11. The van der Waals surface area contributed by atoms with Gasteiger partial charge in [0, 0.05) is 0 Å². The number of aryl methyl sites for hydroxylation is 1. The molecular weight excluding hydrogens is 310 g/mol. The Morgan fingerprint density at radius 3 is 1.76 bits per heavy atom. The number of carboxylic acids is 1. The SMILES string of the molecule is CCCCCCCCCCCCN(C)C.Cc1ccccc1C(=O)O. The summed E-state index contributed by atoms with van der Waals surface area (Å²) < 4.78 is 0. The van der Waals surface area contributed by atoms with Crippen LogP contribution in [0.3, 0.4) is 0 Å². The van der Waals surface area contributed by atoms with Crippen molar-refractivity contribution >= 4 is 5.97 Å². The largest absolute Gasteiger partial charge is 0.478 e. The van der Waals surface area contributed by atoms with Crippen molar-refractivity contribution in [3.05, 3.63) is 35.4 Å². The van der Waals surface area contributed by atoms with Crippen molar-refractivity contribution in [2.75, 3.05) is 20.6 Å². The molecule has 0 saturated heterocycles. The topological polar surface area (TPSA) is 40.5 Å². The van der Waals surface area contributed by atoms with Crippen molar-refractivity contribution < 1.29 is 9.90 Å². The molecule has 0 fully saturated rings. The van der Waals surface area contributed by atoms with Crippen LogP contribution < -0.4 is 0 Å². The summed E-state index contributed by atoms with van der Waals surface area (Å²) in [5.41, 5.74) is 1.18. The van der Waals surface area contributed by atoms with E-state index in [9.17, 15) is 4.79 Å². The first-order valence-electron chi connectivity index (χ1n) is 9.92. The molecule has 0 aromatic heterocycles. The van der Waals surface area contributed by atoms with Crippen molar-refractivity contribution in [1.82, 2.24) is 4.90 Å². The standard InChI is InChI=1S/C14H31N.C8H8O2/c1-4-5-6-7-8-9-10-11-12-13-14-15(2)3;1-6-4-2-3-5-7(6)8(9)10/h4-14H2,1-3H3;2-5H,1H3,(H,9,10). The number of carboxylic acid groups (broad SMARTS) is 1. The molecule has 0 aliphatic carbocycles. The normalized spacial score (nSPS) is 10.4. The van der Waals surface area contributed by atoms with Crippen LogP contribution in [0.25, 0.3) is 0 Å². The Kier molecular flexibility index (Phi) is 15.3. The molecule has 0 aliphatic rings. The summed E-state index contributed by atoms with van der Waals surface area (Å²) in [6.07, 6.45) is 14.4. The van der Waals surface area contributed by atoms with E-state index < -0.39 is 5.97 Å². The van der Waals surface area contributed by atoms with Crippen molar-refractivity contribution in [2.24, 2.45) is 0 Å². The quantitative estimate of drug-likeness (QED) is 0.459. The molecule has 3 heteroatoms. The van der Waals surface area contributed by atoms with Crippen LogP contribution in [0.4, 0.5) is 0 Å². The van der Waals surface area contributed by atoms with Crippen LogP contribution in [-0.4, -0.2) is 36.6 Å². The molecule has 0 bridgehead atoms. The molecule has 0 heterocycles. The first-order valence-corrected chi connectivity index (χ1v) is 9.92. The zero-order chi connectivity index (χ0) is 18.9. The van der Waals surface area contributed by atoms with Crippen molar-refractivity contribution in [1.29, 1.82) is 0 Å². The second kappa shape index (κ2) is 16.1. The van der Waals surface area contributed by atoms with Gasteiger partial charge in [-0.2, -0.15) is 0 Å². The molecule has 144 valence electrons. The molecule has 25 heavy (non-hydrogen) atoms. The van der Waals surface area contributed by atoms with Crippen molar-refractivity contribution in [3.8, 4) is 0 Å². The maximum absolute atomic E-state index is 10.4. The average Bonchev–Trinajstić information content (AvgIpc) is 2.57. The van der Waals surface area contributed by atoms with Gasteiger partial charge in [0.2, 0.25) is 0 Å². The summed E-state index contributed by atoms with van der Waals surface area (Å²) in [7, 11) is 4.32. The smallest absolute Gasteiger partial charge is 0.335 e. The van der Waals surface area contributed by atoms with Gasteiger partial charge in [-0.1, -0.05) is 82.9 Å². The Labute approximate surface area is 155 Å². The van der Waals surface area contributed by atoms with E-state index >= 15 is 0 Å². The van der Waals surface area contributed by atoms with Crippen LogP contribution >= 0.6 is 0 Å². The molecule has 0 atom stereocenters. The monoisotopic (exact) mass is 349 g/mol. The highest BCUT2D eigenvalue weighted by Gasteiger charge is 2.02. The number of hydrogen-bond acceptors (Lipinski definition) is 2. The van der Waals surface area contributed by atoms with E-state index in [0.717, 1.165) is 5.56 Å². The number of carbonyl (C=O) groups is 1. The van der Waals surface area contributed by atoms with Gasteiger partial charge in [0.05, 0.1) is 5.56 Å². The Hall–Kier alpha value is -1.35. The molecule has 1 aromatic carbocycles. The van der Waals surface area contributed by atoms with Gasteiger partial charge in [0.15, 0.2) is 0 Å². The maximum Gasteiger partial charge on any atom is 0.335 e. The maximum atomic E-state index is 10.4. The third-order valence-electron chi connectivity index (χ3n) is 4.33. The minimum Gasteiger partial charge on any atom is -0.478 e. The van der Waals surface area contributed by atoms with E-state index in [2.05, 4.69) is 25.9 Å². The first-order chi connectivity index (χ1) is 12.0. The van der Waals surface area contributed by atoms with Crippen LogP contribution in [-0.2, 0) is 0 Å². The molecule has 0 amide bonds. The molecule has 0 unspecified atom stereocenters. The third-order valence-corrected chi connectivity index (χ3v) is 4.33. The van der Waals surface area contributed by atoms with Crippen LogP contribution in [0.5, 0.6) is 0 Å². The molecule has 3 nitrogen and oxygen atoms in total. The van der Waals surface area contributed by atoms with Gasteiger partial charge in [-0.25, -0.2) is 4.79 Å². The summed E-state index contributed by atoms with van der Waals surface area (Å²) in [6, 6.07) is 6.92. The van der Waals surface area contributed by atoms with Gasteiger partial charge >= 0.3 is 5.97 Å². The van der Waals surface area contributed by atoms with Crippen LogP contribution in [0.1, 0.15) is 87.1 Å². The average molecular weight is 350 g/mol. The lowest BCUT2D eigenvalue weighted by Gasteiger charge is -2.08. The molecule has 0 spiro atoms. The lowest BCUT2D eigenvalue weighted by atomic mass is 10.1. The van der Waals surface area contributed by atoms with Gasteiger partial charge in [-0.3, -0.25) is 0 Å². The molecule has 1 N–H and O–H groups in total. The van der Waals surface area contributed by atoms with Crippen LogP contribution in [0.15, 0.2) is 24.3 Å². The number of rotatable bonds is 12.